The number of hydrogen-bond donors (Lipinski definition) is 1. The van der Waals surface area contributed by atoms with Crippen LogP contribution in [-0.4, -0.2) is 7.11 Å². The summed E-state index contributed by atoms with van der Waals surface area (Å²) in [5, 5.41) is 0. The molecule has 18 heavy (non-hydrogen) atoms. The maximum absolute atomic E-state index is 5.71. The first-order valence-corrected chi connectivity index (χ1v) is 5.87. The largest absolute Gasteiger partial charge is 0.496 e. The summed E-state index contributed by atoms with van der Waals surface area (Å²) in [6.07, 6.45) is 0. The van der Waals surface area contributed by atoms with E-state index in [1.807, 2.05) is 48.5 Å². The van der Waals surface area contributed by atoms with E-state index in [1.54, 1.807) is 7.11 Å². The van der Waals surface area contributed by atoms with E-state index >= 15 is 0 Å². The Morgan fingerprint density at radius 3 is 2.39 bits per heavy atom. The molecule has 0 heterocycles. The first kappa shape index (κ1) is 12.5. The van der Waals surface area contributed by atoms with Crippen LogP contribution in [0.4, 0.5) is 0 Å². The Morgan fingerprint density at radius 1 is 1.00 bits per heavy atom. The second kappa shape index (κ2) is 6.07. The van der Waals surface area contributed by atoms with Gasteiger partial charge in [-0.05, 0) is 23.8 Å². The molecule has 2 aromatic rings. The highest BCUT2D eigenvalue weighted by Gasteiger charge is 2.02. The maximum atomic E-state index is 5.71. The van der Waals surface area contributed by atoms with E-state index < -0.39 is 0 Å². The van der Waals surface area contributed by atoms with Gasteiger partial charge in [0, 0.05) is 12.1 Å². The van der Waals surface area contributed by atoms with Crippen LogP contribution in [0.3, 0.4) is 0 Å². The highest BCUT2D eigenvalue weighted by Crippen LogP contribution is 2.20. The average molecular weight is 243 g/mol. The van der Waals surface area contributed by atoms with Crippen molar-refractivity contribution in [2.75, 3.05) is 7.11 Å². The van der Waals surface area contributed by atoms with Crippen molar-refractivity contribution in [2.24, 2.45) is 5.73 Å². The van der Waals surface area contributed by atoms with Crippen molar-refractivity contribution in [2.45, 2.75) is 13.2 Å². The summed E-state index contributed by atoms with van der Waals surface area (Å²) >= 11 is 0. The molecule has 0 unspecified atom stereocenters. The van der Waals surface area contributed by atoms with Crippen LogP contribution in [0.2, 0.25) is 0 Å². The molecule has 2 rings (SSSR count). The van der Waals surface area contributed by atoms with Gasteiger partial charge in [-0.15, -0.1) is 0 Å². The number of rotatable bonds is 5. The highest BCUT2D eigenvalue weighted by molar-refractivity contribution is 5.33. The van der Waals surface area contributed by atoms with Crippen LogP contribution in [0, 0.1) is 0 Å². The summed E-state index contributed by atoms with van der Waals surface area (Å²) in [7, 11) is 1.66. The van der Waals surface area contributed by atoms with Crippen molar-refractivity contribution in [3.8, 4) is 11.5 Å². The first-order chi connectivity index (χ1) is 8.83. The van der Waals surface area contributed by atoms with Gasteiger partial charge < -0.3 is 15.2 Å². The molecule has 0 saturated heterocycles. The molecule has 2 aromatic carbocycles. The minimum atomic E-state index is 0.492. The van der Waals surface area contributed by atoms with Crippen molar-refractivity contribution in [3.05, 3.63) is 59.7 Å². The standard InChI is InChI=1S/C15H17NO2/c1-17-15-5-3-2-4-13(15)11-18-14-8-6-12(10-16)7-9-14/h2-9H,10-11,16H2,1H3. The van der Waals surface area contributed by atoms with E-state index in [2.05, 4.69) is 0 Å². The fourth-order valence-corrected chi connectivity index (χ4v) is 1.71. The smallest absolute Gasteiger partial charge is 0.125 e. The summed E-state index contributed by atoms with van der Waals surface area (Å²) in [6, 6.07) is 15.6. The van der Waals surface area contributed by atoms with Gasteiger partial charge in [-0.2, -0.15) is 0 Å². The van der Waals surface area contributed by atoms with Gasteiger partial charge in [-0.3, -0.25) is 0 Å². The number of benzene rings is 2. The van der Waals surface area contributed by atoms with Gasteiger partial charge in [0.25, 0.3) is 0 Å². The monoisotopic (exact) mass is 243 g/mol. The molecular weight excluding hydrogens is 226 g/mol. The van der Waals surface area contributed by atoms with E-state index in [9.17, 15) is 0 Å². The third-order valence-electron chi connectivity index (χ3n) is 2.75. The molecule has 0 radical (unpaired) electrons. The second-order valence-electron chi connectivity index (χ2n) is 3.95. The van der Waals surface area contributed by atoms with Gasteiger partial charge in [0.15, 0.2) is 0 Å². The van der Waals surface area contributed by atoms with E-state index in [-0.39, 0.29) is 0 Å². The number of nitrogens with two attached hydrogens (primary N) is 1. The predicted octanol–water partition coefficient (Wildman–Crippen LogP) is 2.73. The van der Waals surface area contributed by atoms with E-state index in [4.69, 9.17) is 15.2 Å². The minimum absolute atomic E-state index is 0.492. The molecular formula is C15H17NO2. The van der Waals surface area contributed by atoms with Crippen molar-refractivity contribution < 1.29 is 9.47 Å². The SMILES string of the molecule is COc1ccccc1COc1ccc(CN)cc1. The Labute approximate surface area is 107 Å². The van der Waals surface area contributed by atoms with Gasteiger partial charge in [0.05, 0.1) is 7.11 Å². The fraction of sp³-hybridized carbons (Fsp3) is 0.200. The molecule has 0 spiro atoms. The molecule has 0 fully saturated rings. The second-order valence-corrected chi connectivity index (χ2v) is 3.95. The number of para-hydroxylation sites is 1. The van der Waals surface area contributed by atoms with Crippen molar-refractivity contribution in [3.63, 3.8) is 0 Å². The molecule has 0 aliphatic rings. The lowest BCUT2D eigenvalue weighted by atomic mass is 10.2. The van der Waals surface area contributed by atoms with Gasteiger partial charge in [0.1, 0.15) is 18.1 Å². The summed E-state index contributed by atoms with van der Waals surface area (Å²) < 4.78 is 11.0. The summed E-state index contributed by atoms with van der Waals surface area (Å²) in [4.78, 5) is 0. The first-order valence-electron chi connectivity index (χ1n) is 5.87. The van der Waals surface area contributed by atoms with Crippen molar-refractivity contribution in [1.29, 1.82) is 0 Å². The minimum Gasteiger partial charge on any atom is -0.496 e. The summed E-state index contributed by atoms with van der Waals surface area (Å²) in [5.41, 5.74) is 7.67. The molecule has 94 valence electrons. The zero-order chi connectivity index (χ0) is 12.8. The van der Waals surface area contributed by atoms with Crippen LogP contribution in [0.1, 0.15) is 11.1 Å². The molecule has 0 aromatic heterocycles. The molecule has 0 atom stereocenters. The topological polar surface area (TPSA) is 44.5 Å². The number of methoxy groups -OCH3 is 1. The van der Waals surface area contributed by atoms with Crippen LogP contribution in [0.15, 0.2) is 48.5 Å². The third kappa shape index (κ3) is 3.02. The Bertz CT molecular complexity index is 494. The molecule has 3 heteroatoms. The molecule has 0 saturated carbocycles. The van der Waals surface area contributed by atoms with E-state index in [1.165, 1.54) is 0 Å². The lowest BCUT2D eigenvalue weighted by Gasteiger charge is -2.10. The zero-order valence-corrected chi connectivity index (χ0v) is 10.4. The lowest BCUT2D eigenvalue weighted by molar-refractivity contribution is 0.296. The van der Waals surface area contributed by atoms with Crippen LogP contribution in [-0.2, 0) is 13.2 Å². The van der Waals surface area contributed by atoms with Gasteiger partial charge in [-0.25, -0.2) is 0 Å². The number of ether oxygens (including phenoxy) is 2. The molecule has 0 bridgehead atoms. The van der Waals surface area contributed by atoms with Crippen molar-refractivity contribution in [1.82, 2.24) is 0 Å². The maximum Gasteiger partial charge on any atom is 0.125 e. The molecule has 0 aliphatic carbocycles. The summed E-state index contributed by atoms with van der Waals surface area (Å²) in [5.74, 6) is 1.68. The number of hydrogen-bond acceptors (Lipinski definition) is 3. The van der Waals surface area contributed by atoms with Gasteiger partial charge >= 0.3 is 0 Å². The average Bonchev–Trinajstić information content (AvgIpc) is 2.46. The van der Waals surface area contributed by atoms with Gasteiger partial charge in [0.2, 0.25) is 0 Å². The van der Waals surface area contributed by atoms with Crippen LogP contribution in [0.25, 0.3) is 0 Å². The molecule has 3 nitrogen and oxygen atoms in total. The highest BCUT2D eigenvalue weighted by atomic mass is 16.5. The van der Waals surface area contributed by atoms with Crippen LogP contribution < -0.4 is 15.2 Å². The van der Waals surface area contributed by atoms with E-state index in [0.29, 0.717) is 13.2 Å². The molecule has 0 aliphatic heterocycles. The Balaban J connectivity index is 2.02. The molecule has 0 amide bonds. The van der Waals surface area contributed by atoms with Gasteiger partial charge in [-0.1, -0.05) is 30.3 Å². The fourth-order valence-electron chi connectivity index (χ4n) is 1.71. The predicted molar refractivity (Wildman–Crippen MR) is 71.7 cm³/mol. The molecule has 2 N–H and O–H groups in total. The van der Waals surface area contributed by atoms with Crippen molar-refractivity contribution >= 4 is 0 Å². The Hall–Kier alpha value is -2.00. The third-order valence-corrected chi connectivity index (χ3v) is 2.75. The Kier molecular flexibility index (Phi) is 4.20. The van der Waals surface area contributed by atoms with Crippen LogP contribution in [0.5, 0.6) is 11.5 Å². The van der Waals surface area contributed by atoms with Crippen LogP contribution >= 0.6 is 0 Å². The van der Waals surface area contributed by atoms with E-state index in [0.717, 1.165) is 22.6 Å². The normalized spacial score (nSPS) is 10.1. The zero-order valence-electron chi connectivity index (χ0n) is 10.4. The Morgan fingerprint density at radius 2 is 1.72 bits per heavy atom. The quantitative estimate of drug-likeness (QED) is 0.878. The lowest BCUT2D eigenvalue weighted by Crippen LogP contribution is -1.99. The summed E-state index contributed by atoms with van der Waals surface area (Å²) in [6.45, 7) is 1.04.